The second-order valence-corrected chi connectivity index (χ2v) is 7.46. The van der Waals surface area contributed by atoms with Crippen molar-refractivity contribution in [1.29, 1.82) is 0 Å². The minimum Gasteiger partial charge on any atom is -0.489 e. The van der Waals surface area contributed by atoms with Crippen molar-refractivity contribution >= 4 is 11.9 Å². The van der Waals surface area contributed by atoms with Gasteiger partial charge in [0.2, 0.25) is 5.91 Å². The molecule has 1 amide bonds. The molecule has 0 spiro atoms. The van der Waals surface area contributed by atoms with Crippen LogP contribution in [0, 0.1) is 0 Å². The predicted molar refractivity (Wildman–Crippen MR) is 116 cm³/mol. The smallest absolute Gasteiger partial charge is 0.416 e. The number of amides is 1. The van der Waals surface area contributed by atoms with Crippen LogP contribution in [0.3, 0.4) is 0 Å². The highest BCUT2D eigenvalue weighted by Crippen LogP contribution is 2.29. The molecule has 0 aliphatic rings. The highest BCUT2D eigenvalue weighted by atomic mass is 19.4. The third-order valence-corrected chi connectivity index (χ3v) is 4.87. The zero-order valence-electron chi connectivity index (χ0n) is 17.5. The van der Waals surface area contributed by atoms with E-state index in [1.54, 1.807) is 24.3 Å². The molecule has 0 saturated carbocycles. The number of alkyl halides is 3. The molecule has 0 fully saturated rings. The monoisotopic (exact) mass is 457 g/mol. The lowest BCUT2D eigenvalue weighted by atomic mass is 10.0. The molecule has 0 unspecified atom stereocenters. The van der Waals surface area contributed by atoms with Crippen LogP contribution in [0.4, 0.5) is 13.2 Å². The number of nitrogens with one attached hydrogen (secondary N) is 1. The molecule has 8 heteroatoms. The van der Waals surface area contributed by atoms with E-state index in [1.807, 2.05) is 30.3 Å². The van der Waals surface area contributed by atoms with Crippen LogP contribution in [0.5, 0.6) is 5.75 Å². The Bertz CT molecular complexity index is 1080. The first-order chi connectivity index (χ1) is 15.7. The van der Waals surface area contributed by atoms with Gasteiger partial charge in [-0.2, -0.15) is 13.2 Å². The lowest BCUT2D eigenvalue weighted by molar-refractivity contribution is -0.141. The highest BCUT2D eigenvalue weighted by Gasteiger charge is 2.30. The minimum atomic E-state index is -4.46. The molecule has 0 radical (unpaired) electrons. The molecule has 3 aromatic rings. The first-order valence-corrected chi connectivity index (χ1v) is 10.1. The second kappa shape index (κ2) is 10.7. The van der Waals surface area contributed by atoms with E-state index in [1.165, 1.54) is 12.1 Å². The number of carbonyl (C=O) groups is 2. The van der Waals surface area contributed by atoms with Crippen molar-refractivity contribution in [2.24, 2.45) is 0 Å². The molecule has 2 N–H and O–H groups in total. The molecule has 0 aliphatic heterocycles. The van der Waals surface area contributed by atoms with Crippen molar-refractivity contribution in [3.63, 3.8) is 0 Å². The van der Waals surface area contributed by atoms with Gasteiger partial charge in [0.25, 0.3) is 0 Å². The number of benzene rings is 3. The Morgan fingerprint density at radius 2 is 1.55 bits per heavy atom. The summed E-state index contributed by atoms with van der Waals surface area (Å²) >= 11 is 0. The van der Waals surface area contributed by atoms with E-state index < -0.39 is 29.7 Å². The third-order valence-electron chi connectivity index (χ3n) is 4.87. The summed E-state index contributed by atoms with van der Waals surface area (Å²) in [5, 5.41) is 12.0. The number of carboxylic acid groups (broad SMARTS) is 1. The maximum absolute atomic E-state index is 12.7. The van der Waals surface area contributed by atoms with Crippen LogP contribution in [0.15, 0.2) is 78.9 Å². The van der Waals surface area contributed by atoms with Gasteiger partial charge in [-0.15, -0.1) is 0 Å². The van der Waals surface area contributed by atoms with Gasteiger partial charge in [-0.05, 0) is 41.0 Å². The average molecular weight is 457 g/mol. The SMILES string of the molecule is O=C(Cc1ccc(C(F)(F)F)cc1)N[C@@H](Cc1cccc(OCc2ccccc2)c1)C(=O)O. The van der Waals surface area contributed by atoms with Crippen molar-refractivity contribution in [2.75, 3.05) is 0 Å². The molecule has 3 rings (SSSR count). The summed E-state index contributed by atoms with van der Waals surface area (Å²) in [5.41, 5.74) is 1.18. The van der Waals surface area contributed by atoms with E-state index in [0.29, 0.717) is 23.5 Å². The van der Waals surface area contributed by atoms with Gasteiger partial charge < -0.3 is 15.2 Å². The highest BCUT2D eigenvalue weighted by molar-refractivity contribution is 5.85. The number of aliphatic carboxylic acids is 1. The van der Waals surface area contributed by atoms with Crippen molar-refractivity contribution in [3.05, 3.63) is 101 Å². The van der Waals surface area contributed by atoms with Crippen LogP contribution in [-0.4, -0.2) is 23.0 Å². The lowest BCUT2D eigenvalue weighted by Gasteiger charge is -2.16. The summed E-state index contributed by atoms with van der Waals surface area (Å²) in [4.78, 5) is 24.0. The molecule has 0 bridgehead atoms. The van der Waals surface area contributed by atoms with Crippen LogP contribution >= 0.6 is 0 Å². The summed E-state index contributed by atoms with van der Waals surface area (Å²) in [6.45, 7) is 0.358. The number of ether oxygens (including phenoxy) is 1. The van der Waals surface area contributed by atoms with Crippen molar-refractivity contribution in [3.8, 4) is 5.75 Å². The normalized spacial score (nSPS) is 12.1. The fourth-order valence-corrected chi connectivity index (χ4v) is 3.18. The molecule has 1 atom stereocenters. The largest absolute Gasteiger partial charge is 0.489 e. The van der Waals surface area contributed by atoms with Gasteiger partial charge >= 0.3 is 12.1 Å². The number of carboxylic acids is 1. The van der Waals surface area contributed by atoms with Gasteiger partial charge in [0.1, 0.15) is 18.4 Å². The Hall–Kier alpha value is -3.81. The Balaban J connectivity index is 1.59. The van der Waals surface area contributed by atoms with Crippen LogP contribution in [0.25, 0.3) is 0 Å². The van der Waals surface area contributed by atoms with Crippen LogP contribution < -0.4 is 10.1 Å². The van der Waals surface area contributed by atoms with E-state index in [9.17, 15) is 27.9 Å². The summed E-state index contributed by atoms with van der Waals surface area (Å²) in [6, 6.07) is 19.5. The van der Waals surface area contributed by atoms with Crippen molar-refractivity contribution in [1.82, 2.24) is 5.32 Å². The van der Waals surface area contributed by atoms with Crippen LogP contribution in [0.2, 0.25) is 0 Å². The van der Waals surface area contributed by atoms with E-state index in [2.05, 4.69) is 5.32 Å². The number of carbonyl (C=O) groups excluding carboxylic acids is 1. The van der Waals surface area contributed by atoms with Crippen molar-refractivity contribution in [2.45, 2.75) is 31.7 Å². The molecule has 3 aromatic carbocycles. The maximum atomic E-state index is 12.7. The summed E-state index contributed by atoms with van der Waals surface area (Å²) in [7, 11) is 0. The zero-order chi connectivity index (χ0) is 23.8. The average Bonchev–Trinajstić information content (AvgIpc) is 2.78. The molecule has 172 valence electrons. The van der Waals surface area contributed by atoms with Crippen molar-refractivity contribution < 1.29 is 32.6 Å². The summed E-state index contributed by atoms with van der Waals surface area (Å²) in [5.74, 6) is -1.25. The molecule has 0 saturated heterocycles. The molecule has 0 heterocycles. The fraction of sp³-hybridized carbons (Fsp3) is 0.200. The Morgan fingerprint density at radius 1 is 0.879 bits per heavy atom. The van der Waals surface area contributed by atoms with Gasteiger partial charge in [-0.25, -0.2) is 4.79 Å². The topological polar surface area (TPSA) is 75.6 Å². The van der Waals surface area contributed by atoms with E-state index in [-0.39, 0.29) is 12.8 Å². The number of hydrogen-bond donors (Lipinski definition) is 2. The van der Waals surface area contributed by atoms with E-state index in [4.69, 9.17) is 4.74 Å². The van der Waals surface area contributed by atoms with E-state index in [0.717, 1.165) is 17.7 Å². The number of hydrogen-bond acceptors (Lipinski definition) is 3. The number of rotatable bonds is 9. The molecule has 0 aliphatic carbocycles. The van der Waals surface area contributed by atoms with Gasteiger partial charge in [-0.3, -0.25) is 4.79 Å². The standard InChI is InChI=1S/C25H22F3NO4/c26-25(27,28)20-11-9-17(10-12-20)15-23(30)29-22(24(31)32)14-19-7-4-8-21(13-19)33-16-18-5-2-1-3-6-18/h1-13,22H,14-16H2,(H,29,30)(H,31,32)/t22-/m0/s1. The molecule has 5 nitrogen and oxygen atoms in total. The second-order valence-electron chi connectivity index (χ2n) is 7.46. The molecular formula is C25H22F3NO4. The fourth-order valence-electron chi connectivity index (χ4n) is 3.18. The molecule has 0 aromatic heterocycles. The summed E-state index contributed by atoms with van der Waals surface area (Å²) < 4.78 is 43.7. The summed E-state index contributed by atoms with van der Waals surface area (Å²) in [6.07, 6.45) is -4.67. The Labute approximate surface area is 188 Å². The first kappa shape index (κ1) is 23.8. The lowest BCUT2D eigenvalue weighted by Crippen LogP contribution is -2.43. The van der Waals surface area contributed by atoms with Gasteiger partial charge in [-0.1, -0.05) is 54.6 Å². The maximum Gasteiger partial charge on any atom is 0.416 e. The van der Waals surface area contributed by atoms with Crippen LogP contribution in [-0.2, 0) is 35.2 Å². The Morgan fingerprint density at radius 3 is 2.18 bits per heavy atom. The first-order valence-electron chi connectivity index (χ1n) is 10.1. The molecular weight excluding hydrogens is 435 g/mol. The minimum absolute atomic E-state index is 0.0244. The zero-order valence-corrected chi connectivity index (χ0v) is 17.5. The third kappa shape index (κ3) is 7.38. The van der Waals surface area contributed by atoms with Gasteiger partial charge in [0, 0.05) is 6.42 Å². The van der Waals surface area contributed by atoms with Gasteiger partial charge in [0.05, 0.1) is 12.0 Å². The Kier molecular flexibility index (Phi) is 7.71. The molecule has 33 heavy (non-hydrogen) atoms. The van der Waals surface area contributed by atoms with E-state index >= 15 is 0 Å². The quantitative estimate of drug-likeness (QED) is 0.491. The predicted octanol–water partition coefficient (Wildman–Crippen LogP) is 4.64. The van der Waals surface area contributed by atoms with Gasteiger partial charge in [0.15, 0.2) is 0 Å². The number of halogens is 3. The van der Waals surface area contributed by atoms with Crippen LogP contribution in [0.1, 0.15) is 22.3 Å².